The first-order valence-electron chi connectivity index (χ1n) is 7.67. The van der Waals surface area contributed by atoms with Gasteiger partial charge in [-0.1, -0.05) is 36.4 Å². The summed E-state index contributed by atoms with van der Waals surface area (Å²) in [5.74, 6) is 1.70. The molecule has 0 fully saturated rings. The number of ether oxygens (including phenoxy) is 1. The molecule has 0 radical (unpaired) electrons. The Labute approximate surface area is 139 Å². The summed E-state index contributed by atoms with van der Waals surface area (Å²) in [6.07, 6.45) is 0.779. The highest BCUT2D eigenvalue weighted by molar-refractivity contribution is 5.89. The zero-order chi connectivity index (χ0) is 16.9. The molecule has 1 unspecified atom stereocenters. The lowest BCUT2D eigenvalue weighted by molar-refractivity contribution is -0.127. The van der Waals surface area contributed by atoms with Crippen molar-refractivity contribution in [2.45, 2.75) is 20.0 Å². The molecule has 0 aliphatic carbocycles. The maximum Gasteiger partial charge on any atom is 0.280 e. The van der Waals surface area contributed by atoms with Crippen molar-refractivity contribution in [2.24, 2.45) is 5.10 Å². The van der Waals surface area contributed by atoms with E-state index in [1.165, 1.54) is 6.21 Å². The van der Waals surface area contributed by atoms with Crippen LogP contribution >= 0.6 is 0 Å². The molecule has 3 aromatic rings. The summed E-state index contributed by atoms with van der Waals surface area (Å²) in [6, 6.07) is 17.2. The number of carbonyl (C=O) groups is 1. The molecular weight excluding hydrogens is 304 g/mol. The Morgan fingerprint density at radius 2 is 1.96 bits per heavy atom. The summed E-state index contributed by atoms with van der Waals surface area (Å²) in [5, 5.41) is 5.91. The van der Waals surface area contributed by atoms with Crippen LogP contribution in [0, 0.1) is 6.92 Å². The van der Waals surface area contributed by atoms with E-state index in [0.29, 0.717) is 11.5 Å². The minimum absolute atomic E-state index is 0.331. The third-order valence-corrected chi connectivity index (χ3v) is 3.55. The predicted molar refractivity (Wildman–Crippen MR) is 93.2 cm³/mol. The van der Waals surface area contributed by atoms with Gasteiger partial charge in [-0.3, -0.25) is 4.79 Å². The van der Waals surface area contributed by atoms with Crippen molar-refractivity contribution in [3.8, 4) is 5.75 Å². The Hall–Kier alpha value is -3.08. The molecule has 1 heterocycles. The summed E-state index contributed by atoms with van der Waals surface area (Å²) in [5.41, 5.74) is 2.45. The standard InChI is InChI=1S/C19H18N2O3/c1-13-10-11-16(23-13)12-20-21-19(22)14(2)24-18-9-5-7-15-6-3-4-8-17(15)18/h3-12,14H,1-2H3,(H,21,22). The normalized spacial score (nSPS) is 12.4. The van der Waals surface area contributed by atoms with Crippen LogP contribution < -0.4 is 10.2 Å². The Morgan fingerprint density at radius 3 is 2.75 bits per heavy atom. The lowest BCUT2D eigenvalue weighted by Crippen LogP contribution is -2.33. The number of furan rings is 1. The highest BCUT2D eigenvalue weighted by Gasteiger charge is 2.15. The molecule has 0 bridgehead atoms. The van der Waals surface area contributed by atoms with Gasteiger partial charge in [-0.05, 0) is 37.4 Å². The third-order valence-electron chi connectivity index (χ3n) is 3.55. The fraction of sp³-hybridized carbons (Fsp3) is 0.158. The summed E-state index contributed by atoms with van der Waals surface area (Å²) < 4.78 is 11.1. The zero-order valence-corrected chi connectivity index (χ0v) is 13.5. The van der Waals surface area contributed by atoms with Crippen molar-refractivity contribution in [1.82, 2.24) is 5.43 Å². The Morgan fingerprint density at radius 1 is 1.17 bits per heavy atom. The van der Waals surface area contributed by atoms with Crippen molar-refractivity contribution in [2.75, 3.05) is 0 Å². The third kappa shape index (κ3) is 3.63. The number of hydrazone groups is 1. The average molecular weight is 322 g/mol. The van der Waals surface area contributed by atoms with Crippen LogP contribution in [0.5, 0.6) is 5.75 Å². The van der Waals surface area contributed by atoms with Gasteiger partial charge >= 0.3 is 0 Å². The van der Waals surface area contributed by atoms with Gasteiger partial charge in [-0.25, -0.2) is 5.43 Å². The van der Waals surface area contributed by atoms with Gasteiger partial charge in [0.25, 0.3) is 5.91 Å². The van der Waals surface area contributed by atoms with E-state index in [9.17, 15) is 4.79 Å². The topological polar surface area (TPSA) is 63.8 Å². The van der Waals surface area contributed by atoms with Gasteiger partial charge in [0, 0.05) is 5.39 Å². The summed E-state index contributed by atoms with van der Waals surface area (Å²) in [6.45, 7) is 3.53. The van der Waals surface area contributed by atoms with Crippen molar-refractivity contribution in [3.05, 3.63) is 66.1 Å². The number of nitrogens with one attached hydrogen (secondary N) is 1. The fourth-order valence-electron chi connectivity index (χ4n) is 2.32. The van der Waals surface area contributed by atoms with E-state index in [1.54, 1.807) is 13.0 Å². The van der Waals surface area contributed by atoms with Crippen LogP contribution in [0.15, 0.2) is 64.1 Å². The smallest absolute Gasteiger partial charge is 0.280 e. The van der Waals surface area contributed by atoms with Crippen LogP contribution in [-0.4, -0.2) is 18.2 Å². The molecule has 0 saturated heterocycles. The van der Waals surface area contributed by atoms with Gasteiger partial charge in [0.1, 0.15) is 17.3 Å². The lowest BCUT2D eigenvalue weighted by Gasteiger charge is -2.14. The first kappa shape index (κ1) is 15.8. The molecule has 5 heteroatoms. The molecule has 24 heavy (non-hydrogen) atoms. The molecule has 1 N–H and O–H groups in total. The average Bonchev–Trinajstić information content (AvgIpc) is 3.00. The highest BCUT2D eigenvalue weighted by atomic mass is 16.5. The van der Waals surface area contributed by atoms with Crippen LogP contribution in [0.2, 0.25) is 0 Å². The van der Waals surface area contributed by atoms with Gasteiger partial charge in [0.15, 0.2) is 6.10 Å². The van der Waals surface area contributed by atoms with E-state index in [0.717, 1.165) is 16.5 Å². The van der Waals surface area contributed by atoms with Crippen LogP contribution in [0.4, 0.5) is 0 Å². The van der Waals surface area contributed by atoms with Gasteiger partial charge in [0.2, 0.25) is 0 Å². The van der Waals surface area contributed by atoms with Crippen molar-refractivity contribution in [1.29, 1.82) is 0 Å². The SMILES string of the molecule is Cc1ccc(C=NNC(=O)C(C)Oc2cccc3ccccc23)o1. The molecule has 5 nitrogen and oxygen atoms in total. The van der Waals surface area contributed by atoms with Crippen molar-refractivity contribution < 1.29 is 13.9 Å². The Kier molecular flexibility index (Phi) is 4.61. The maximum absolute atomic E-state index is 12.1. The number of nitrogens with zero attached hydrogens (tertiary/aromatic N) is 1. The number of amides is 1. The molecule has 0 aliphatic heterocycles. The second-order valence-corrected chi connectivity index (χ2v) is 5.42. The van der Waals surface area contributed by atoms with Crippen LogP contribution in [0.25, 0.3) is 10.8 Å². The first-order chi connectivity index (χ1) is 11.6. The summed E-state index contributed by atoms with van der Waals surface area (Å²) >= 11 is 0. The van der Waals surface area contributed by atoms with Crippen LogP contribution in [0.1, 0.15) is 18.4 Å². The largest absolute Gasteiger partial charge is 0.480 e. The number of fused-ring (bicyclic) bond motifs is 1. The number of hydrogen-bond acceptors (Lipinski definition) is 4. The molecule has 0 saturated carbocycles. The van der Waals surface area contributed by atoms with Crippen LogP contribution in [-0.2, 0) is 4.79 Å². The van der Waals surface area contributed by atoms with Crippen molar-refractivity contribution >= 4 is 22.9 Å². The number of carbonyl (C=O) groups excluding carboxylic acids is 1. The number of rotatable bonds is 5. The molecule has 2 aromatic carbocycles. The van der Waals surface area contributed by atoms with E-state index >= 15 is 0 Å². The molecule has 0 spiro atoms. The molecular formula is C19H18N2O3. The van der Waals surface area contributed by atoms with E-state index < -0.39 is 6.10 Å². The van der Waals surface area contributed by atoms with E-state index in [-0.39, 0.29) is 5.91 Å². The monoisotopic (exact) mass is 322 g/mol. The Bertz CT molecular complexity index is 878. The minimum atomic E-state index is -0.675. The van der Waals surface area contributed by atoms with Gasteiger partial charge in [0.05, 0.1) is 6.21 Å². The molecule has 1 amide bonds. The minimum Gasteiger partial charge on any atom is -0.480 e. The van der Waals surface area contributed by atoms with E-state index in [1.807, 2.05) is 55.5 Å². The summed E-state index contributed by atoms with van der Waals surface area (Å²) in [7, 11) is 0. The fourth-order valence-corrected chi connectivity index (χ4v) is 2.32. The molecule has 1 atom stereocenters. The second kappa shape index (κ2) is 7.00. The second-order valence-electron chi connectivity index (χ2n) is 5.42. The predicted octanol–water partition coefficient (Wildman–Crippen LogP) is 3.66. The van der Waals surface area contributed by atoms with Crippen molar-refractivity contribution in [3.63, 3.8) is 0 Å². The first-order valence-corrected chi connectivity index (χ1v) is 7.67. The Balaban J connectivity index is 1.64. The molecule has 3 rings (SSSR count). The zero-order valence-electron chi connectivity index (χ0n) is 13.5. The van der Waals surface area contributed by atoms with Gasteiger partial charge < -0.3 is 9.15 Å². The molecule has 122 valence electrons. The van der Waals surface area contributed by atoms with E-state index in [2.05, 4.69) is 10.5 Å². The molecule has 1 aromatic heterocycles. The number of hydrogen-bond donors (Lipinski definition) is 1. The van der Waals surface area contributed by atoms with Crippen LogP contribution in [0.3, 0.4) is 0 Å². The quantitative estimate of drug-likeness (QED) is 0.576. The maximum atomic E-state index is 12.1. The van der Waals surface area contributed by atoms with Gasteiger partial charge in [-0.15, -0.1) is 0 Å². The number of benzene rings is 2. The number of aryl methyl sites for hydroxylation is 1. The van der Waals surface area contributed by atoms with Gasteiger partial charge in [-0.2, -0.15) is 5.10 Å². The van der Waals surface area contributed by atoms with E-state index in [4.69, 9.17) is 9.15 Å². The highest BCUT2D eigenvalue weighted by Crippen LogP contribution is 2.25. The molecule has 0 aliphatic rings. The lowest BCUT2D eigenvalue weighted by atomic mass is 10.1. The summed E-state index contributed by atoms with van der Waals surface area (Å²) in [4.78, 5) is 12.1.